The molecule has 178 valence electrons. The molecule has 0 bridgehead atoms. The number of esters is 1. The summed E-state index contributed by atoms with van der Waals surface area (Å²) < 4.78 is 11.9. The van der Waals surface area contributed by atoms with Crippen LogP contribution in [0.3, 0.4) is 0 Å². The van der Waals surface area contributed by atoms with E-state index in [9.17, 15) is 9.59 Å². The van der Waals surface area contributed by atoms with Crippen molar-refractivity contribution in [1.82, 2.24) is 14.8 Å². The number of carbonyl (C=O) groups excluding carboxylic acids is 2. The number of anilines is 1. The fraction of sp³-hybridized carbons (Fsp3) is 0.154. The molecular formula is C26H24N4O4S. The molecule has 0 saturated heterocycles. The molecular weight excluding hydrogens is 464 g/mol. The fourth-order valence-electron chi connectivity index (χ4n) is 3.35. The minimum Gasteiger partial charge on any atom is -0.497 e. The van der Waals surface area contributed by atoms with Gasteiger partial charge >= 0.3 is 5.97 Å². The Kier molecular flexibility index (Phi) is 7.47. The number of methoxy groups -OCH3 is 2. The number of carbonyl (C=O) groups is 2. The van der Waals surface area contributed by atoms with E-state index in [2.05, 4.69) is 15.5 Å². The zero-order valence-corrected chi connectivity index (χ0v) is 20.3. The number of nitrogens with zero attached hydrogens (tertiary/aromatic N) is 3. The molecule has 9 heteroatoms. The van der Waals surface area contributed by atoms with Crippen molar-refractivity contribution in [3.63, 3.8) is 0 Å². The molecule has 0 fully saturated rings. The molecule has 35 heavy (non-hydrogen) atoms. The van der Waals surface area contributed by atoms with Crippen molar-refractivity contribution in [2.45, 2.75) is 12.1 Å². The summed E-state index contributed by atoms with van der Waals surface area (Å²) in [4.78, 5) is 24.2. The molecule has 8 nitrogen and oxygen atoms in total. The van der Waals surface area contributed by atoms with Gasteiger partial charge in [0, 0.05) is 16.9 Å². The maximum absolute atomic E-state index is 12.6. The molecule has 0 atom stereocenters. The normalized spacial score (nSPS) is 10.6. The first kappa shape index (κ1) is 24.0. The lowest BCUT2D eigenvalue weighted by Gasteiger charge is -2.11. The van der Waals surface area contributed by atoms with Crippen LogP contribution in [-0.2, 0) is 9.53 Å². The van der Waals surface area contributed by atoms with Gasteiger partial charge in [0.1, 0.15) is 5.75 Å². The van der Waals surface area contributed by atoms with Crippen molar-refractivity contribution in [2.75, 3.05) is 25.3 Å². The van der Waals surface area contributed by atoms with E-state index < -0.39 is 5.97 Å². The van der Waals surface area contributed by atoms with E-state index in [1.54, 1.807) is 31.4 Å². The van der Waals surface area contributed by atoms with Gasteiger partial charge in [0.15, 0.2) is 11.0 Å². The molecule has 0 spiro atoms. The van der Waals surface area contributed by atoms with Crippen molar-refractivity contribution in [1.29, 1.82) is 0 Å². The van der Waals surface area contributed by atoms with E-state index in [0.29, 0.717) is 22.2 Å². The van der Waals surface area contributed by atoms with Crippen LogP contribution in [0, 0.1) is 6.92 Å². The summed E-state index contributed by atoms with van der Waals surface area (Å²) in [5.74, 6) is 0.908. The molecule has 1 aromatic heterocycles. The number of hydrogen-bond acceptors (Lipinski definition) is 7. The van der Waals surface area contributed by atoms with E-state index in [0.717, 1.165) is 22.6 Å². The summed E-state index contributed by atoms with van der Waals surface area (Å²) in [5.41, 5.74) is 3.92. The summed E-state index contributed by atoms with van der Waals surface area (Å²) in [6.07, 6.45) is 0. The number of amides is 1. The predicted octanol–water partition coefficient (Wildman–Crippen LogP) is 4.77. The first-order valence-electron chi connectivity index (χ1n) is 10.8. The minimum absolute atomic E-state index is 0.126. The van der Waals surface area contributed by atoms with Gasteiger partial charge in [-0.15, -0.1) is 10.2 Å². The Morgan fingerprint density at radius 2 is 1.60 bits per heavy atom. The zero-order valence-electron chi connectivity index (χ0n) is 19.5. The molecule has 0 aliphatic heterocycles. The summed E-state index contributed by atoms with van der Waals surface area (Å²) in [7, 11) is 2.94. The Hall–Kier alpha value is -4.11. The number of rotatable bonds is 8. The van der Waals surface area contributed by atoms with Crippen LogP contribution in [0.5, 0.6) is 5.75 Å². The van der Waals surface area contributed by atoms with E-state index in [1.807, 2.05) is 60.0 Å². The Labute approximate surface area is 207 Å². The molecule has 0 aliphatic rings. The third kappa shape index (κ3) is 5.70. The molecule has 0 radical (unpaired) electrons. The third-order valence-electron chi connectivity index (χ3n) is 5.20. The molecule has 4 aromatic rings. The second kappa shape index (κ2) is 10.9. The Bertz CT molecular complexity index is 1320. The van der Waals surface area contributed by atoms with Gasteiger partial charge in [-0.25, -0.2) is 4.79 Å². The number of aryl methyl sites for hydroxylation is 1. The van der Waals surface area contributed by atoms with Crippen molar-refractivity contribution < 1.29 is 19.1 Å². The van der Waals surface area contributed by atoms with Crippen molar-refractivity contribution in [2.24, 2.45) is 0 Å². The van der Waals surface area contributed by atoms with Crippen LogP contribution in [0.25, 0.3) is 17.1 Å². The lowest BCUT2D eigenvalue weighted by atomic mass is 10.1. The summed E-state index contributed by atoms with van der Waals surface area (Å²) in [6.45, 7) is 2.03. The standard InChI is InChI=1S/C26H24N4O4S/c1-17-4-6-18(7-5-17)24-28-29-26(30(24)21-12-14-22(33-2)15-13-21)35-16-23(31)27-20-10-8-19(9-11-20)25(32)34-3/h4-15H,16H2,1-3H3,(H,27,31). The van der Waals surface area contributed by atoms with Crippen LogP contribution in [0.1, 0.15) is 15.9 Å². The number of aromatic nitrogens is 3. The van der Waals surface area contributed by atoms with Gasteiger partial charge in [0.05, 0.1) is 25.5 Å². The molecule has 1 amide bonds. The van der Waals surface area contributed by atoms with Crippen LogP contribution >= 0.6 is 11.8 Å². The largest absolute Gasteiger partial charge is 0.497 e. The van der Waals surface area contributed by atoms with Gasteiger partial charge in [-0.05, 0) is 55.5 Å². The molecule has 4 rings (SSSR count). The Balaban J connectivity index is 1.54. The smallest absolute Gasteiger partial charge is 0.337 e. The summed E-state index contributed by atoms with van der Waals surface area (Å²) >= 11 is 1.28. The minimum atomic E-state index is -0.430. The second-order valence-electron chi connectivity index (χ2n) is 7.61. The van der Waals surface area contributed by atoms with Gasteiger partial charge in [-0.1, -0.05) is 41.6 Å². The van der Waals surface area contributed by atoms with E-state index in [4.69, 9.17) is 9.47 Å². The van der Waals surface area contributed by atoms with Gasteiger partial charge in [-0.2, -0.15) is 0 Å². The highest BCUT2D eigenvalue weighted by molar-refractivity contribution is 7.99. The molecule has 0 unspecified atom stereocenters. The molecule has 0 aliphatic carbocycles. The van der Waals surface area contributed by atoms with Gasteiger partial charge in [0.25, 0.3) is 0 Å². The number of ether oxygens (including phenoxy) is 2. The highest BCUT2D eigenvalue weighted by Crippen LogP contribution is 2.29. The van der Waals surface area contributed by atoms with Crippen molar-refractivity contribution in [3.8, 4) is 22.8 Å². The average Bonchev–Trinajstić information content (AvgIpc) is 3.32. The van der Waals surface area contributed by atoms with Gasteiger partial charge in [0.2, 0.25) is 5.91 Å². The highest BCUT2D eigenvalue weighted by Gasteiger charge is 2.18. The number of hydrogen-bond donors (Lipinski definition) is 1. The molecule has 0 saturated carbocycles. The fourth-order valence-corrected chi connectivity index (χ4v) is 4.10. The van der Waals surface area contributed by atoms with Crippen LogP contribution in [0.4, 0.5) is 5.69 Å². The molecule has 1 N–H and O–H groups in total. The SMILES string of the molecule is COC(=O)c1ccc(NC(=O)CSc2nnc(-c3ccc(C)cc3)n2-c2ccc(OC)cc2)cc1. The van der Waals surface area contributed by atoms with Crippen LogP contribution in [0.2, 0.25) is 0 Å². The Morgan fingerprint density at radius 1 is 0.914 bits per heavy atom. The van der Waals surface area contributed by atoms with E-state index in [-0.39, 0.29) is 11.7 Å². The topological polar surface area (TPSA) is 95.3 Å². The zero-order chi connectivity index (χ0) is 24.8. The van der Waals surface area contributed by atoms with Gasteiger partial charge in [-0.3, -0.25) is 9.36 Å². The summed E-state index contributed by atoms with van der Waals surface area (Å²) in [6, 6.07) is 22.1. The van der Waals surface area contributed by atoms with E-state index in [1.165, 1.54) is 18.9 Å². The first-order valence-corrected chi connectivity index (χ1v) is 11.7. The monoisotopic (exact) mass is 488 g/mol. The molecule has 3 aromatic carbocycles. The quantitative estimate of drug-likeness (QED) is 0.282. The lowest BCUT2D eigenvalue weighted by Crippen LogP contribution is -2.14. The average molecular weight is 489 g/mol. The maximum atomic E-state index is 12.6. The number of nitrogens with one attached hydrogen (secondary N) is 1. The summed E-state index contributed by atoms with van der Waals surface area (Å²) in [5, 5.41) is 12.2. The van der Waals surface area contributed by atoms with Crippen molar-refractivity contribution >= 4 is 29.3 Å². The van der Waals surface area contributed by atoms with Crippen LogP contribution in [0.15, 0.2) is 78.0 Å². The predicted molar refractivity (Wildman–Crippen MR) is 135 cm³/mol. The molecule has 1 heterocycles. The first-order chi connectivity index (χ1) is 17.0. The van der Waals surface area contributed by atoms with Gasteiger partial charge < -0.3 is 14.8 Å². The number of benzene rings is 3. The maximum Gasteiger partial charge on any atom is 0.337 e. The Morgan fingerprint density at radius 3 is 2.23 bits per heavy atom. The number of thioether (sulfide) groups is 1. The second-order valence-corrected chi connectivity index (χ2v) is 8.55. The van der Waals surface area contributed by atoms with Crippen LogP contribution < -0.4 is 10.1 Å². The highest BCUT2D eigenvalue weighted by atomic mass is 32.2. The van der Waals surface area contributed by atoms with Crippen molar-refractivity contribution in [3.05, 3.63) is 83.9 Å². The third-order valence-corrected chi connectivity index (χ3v) is 6.12. The lowest BCUT2D eigenvalue weighted by molar-refractivity contribution is -0.113. The van der Waals surface area contributed by atoms with E-state index >= 15 is 0 Å². The van der Waals surface area contributed by atoms with Crippen LogP contribution in [-0.4, -0.2) is 46.6 Å².